The molecule has 2 nitrogen and oxygen atoms in total. The minimum atomic E-state index is -2.94. The smallest absolute Gasteiger partial charge is 0.168 e. The van der Waals surface area contributed by atoms with Crippen LogP contribution in [0.2, 0.25) is 0 Å². The third kappa shape index (κ3) is 5.35. The first-order valence-electron chi connectivity index (χ1n) is 4.25. The van der Waals surface area contributed by atoms with Gasteiger partial charge < -0.3 is 0 Å². The standard InChI is InChI=1S/C9H18O2S/c1-5-9(8(2)3)6-7-12(4,10)11/h6-9H,5H2,1-4H3/b7-6-/t9-/m1/s1. The van der Waals surface area contributed by atoms with Crippen LogP contribution in [0, 0.1) is 11.8 Å². The first kappa shape index (κ1) is 11.7. The summed E-state index contributed by atoms with van der Waals surface area (Å²) in [5, 5.41) is 1.31. The maximum atomic E-state index is 10.8. The molecule has 3 heteroatoms. The van der Waals surface area contributed by atoms with Crippen molar-refractivity contribution >= 4 is 9.84 Å². The maximum absolute atomic E-state index is 10.8. The van der Waals surface area contributed by atoms with Gasteiger partial charge in [0.2, 0.25) is 0 Å². The summed E-state index contributed by atoms with van der Waals surface area (Å²) in [5.74, 6) is 0.882. The van der Waals surface area contributed by atoms with E-state index in [9.17, 15) is 8.42 Å². The van der Waals surface area contributed by atoms with Gasteiger partial charge in [-0.25, -0.2) is 8.42 Å². The van der Waals surface area contributed by atoms with Crippen LogP contribution in [0.5, 0.6) is 0 Å². The lowest BCUT2D eigenvalue weighted by Gasteiger charge is -2.13. The van der Waals surface area contributed by atoms with Crippen molar-refractivity contribution in [2.75, 3.05) is 6.26 Å². The van der Waals surface area contributed by atoms with Crippen molar-refractivity contribution in [2.24, 2.45) is 11.8 Å². The first-order valence-corrected chi connectivity index (χ1v) is 6.20. The Hall–Kier alpha value is -0.310. The van der Waals surface area contributed by atoms with Crippen molar-refractivity contribution in [1.29, 1.82) is 0 Å². The number of hydrogen-bond acceptors (Lipinski definition) is 2. The molecule has 0 aromatic heterocycles. The number of hydrogen-bond donors (Lipinski definition) is 0. The van der Waals surface area contributed by atoms with Crippen molar-refractivity contribution in [2.45, 2.75) is 27.2 Å². The van der Waals surface area contributed by atoms with Crippen LogP contribution >= 0.6 is 0 Å². The highest BCUT2D eigenvalue weighted by Gasteiger charge is 2.07. The van der Waals surface area contributed by atoms with E-state index in [-0.39, 0.29) is 0 Å². The Bertz CT molecular complexity index is 237. The van der Waals surface area contributed by atoms with E-state index >= 15 is 0 Å². The molecule has 0 aliphatic carbocycles. The van der Waals surface area contributed by atoms with Crippen LogP contribution in [0.25, 0.3) is 0 Å². The molecular weight excluding hydrogens is 172 g/mol. The molecule has 0 bridgehead atoms. The molecule has 0 unspecified atom stereocenters. The van der Waals surface area contributed by atoms with Crippen LogP contribution in [0.1, 0.15) is 27.2 Å². The number of allylic oxidation sites excluding steroid dienone is 1. The van der Waals surface area contributed by atoms with Gasteiger partial charge in [0.25, 0.3) is 0 Å². The topological polar surface area (TPSA) is 34.1 Å². The molecule has 72 valence electrons. The molecule has 0 N–H and O–H groups in total. The molecule has 0 amide bonds. The summed E-state index contributed by atoms with van der Waals surface area (Å²) in [6.07, 6.45) is 4.00. The molecule has 12 heavy (non-hydrogen) atoms. The van der Waals surface area contributed by atoms with Crippen molar-refractivity contribution in [1.82, 2.24) is 0 Å². The average Bonchev–Trinajstić information content (AvgIpc) is 1.85. The molecule has 0 radical (unpaired) electrons. The second-order valence-corrected chi connectivity index (χ2v) is 5.41. The Labute approximate surface area is 75.6 Å². The SMILES string of the molecule is CC[C@H](/C=C\S(C)(=O)=O)C(C)C. The van der Waals surface area contributed by atoms with Crippen molar-refractivity contribution in [3.63, 3.8) is 0 Å². The van der Waals surface area contributed by atoms with Gasteiger partial charge in [-0.15, -0.1) is 0 Å². The molecule has 0 aromatic carbocycles. The largest absolute Gasteiger partial charge is 0.225 e. The highest BCUT2D eigenvalue weighted by Crippen LogP contribution is 2.16. The Morgan fingerprint density at radius 3 is 2.08 bits per heavy atom. The van der Waals surface area contributed by atoms with Gasteiger partial charge in [0.1, 0.15) is 0 Å². The van der Waals surface area contributed by atoms with Crippen LogP contribution in [-0.2, 0) is 9.84 Å². The van der Waals surface area contributed by atoms with Crippen molar-refractivity contribution in [3.05, 3.63) is 11.5 Å². The normalized spacial score (nSPS) is 15.8. The monoisotopic (exact) mass is 190 g/mol. The number of rotatable bonds is 4. The van der Waals surface area contributed by atoms with E-state index < -0.39 is 9.84 Å². The van der Waals surface area contributed by atoms with Crippen LogP contribution in [-0.4, -0.2) is 14.7 Å². The van der Waals surface area contributed by atoms with E-state index in [1.54, 1.807) is 6.08 Å². The van der Waals surface area contributed by atoms with E-state index in [0.717, 1.165) is 6.42 Å². The van der Waals surface area contributed by atoms with Gasteiger partial charge in [-0.3, -0.25) is 0 Å². The molecule has 0 heterocycles. The average molecular weight is 190 g/mol. The fourth-order valence-corrected chi connectivity index (χ4v) is 1.56. The maximum Gasteiger partial charge on any atom is 0.168 e. The van der Waals surface area contributed by atoms with E-state index in [0.29, 0.717) is 11.8 Å². The molecule has 0 aromatic rings. The molecule has 0 spiro atoms. The van der Waals surface area contributed by atoms with Gasteiger partial charge >= 0.3 is 0 Å². The van der Waals surface area contributed by atoms with Crippen LogP contribution < -0.4 is 0 Å². The van der Waals surface area contributed by atoms with Crippen LogP contribution in [0.15, 0.2) is 11.5 Å². The molecule has 0 aliphatic heterocycles. The summed E-state index contributed by atoms with van der Waals surface area (Å²) < 4.78 is 21.6. The zero-order valence-corrected chi connectivity index (χ0v) is 9.06. The Morgan fingerprint density at radius 2 is 1.83 bits per heavy atom. The molecule has 0 rings (SSSR count). The van der Waals surface area contributed by atoms with Gasteiger partial charge in [0.15, 0.2) is 9.84 Å². The van der Waals surface area contributed by atoms with Crippen LogP contribution in [0.3, 0.4) is 0 Å². The fourth-order valence-electron chi connectivity index (χ4n) is 1.07. The second-order valence-electron chi connectivity index (χ2n) is 3.47. The van der Waals surface area contributed by atoms with Crippen molar-refractivity contribution < 1.29 is 8.42 Å². The van der Waals surface area contributed by atoms with E-state index in [4.69, 9.17) is 0 Å². The van der Waals surface area contributed by atoms with E-state index in [1.165, 1.54) is 11.7 Å². The second kappa shape index (κ2) is 4.65. The third-order valence-electron chi connectivity index (χ3n) is 1.90. The summed E-state index contributed by atoms with van der Waals surface area (Å²) in [5.41, 5.74) is 0. The lowest BCUT2D eigenvalue weighted by molar-refractivity contribution is 0.453. The third-order valence-corrected chi connectivity index (χ3v) is 2.55. The quantitative estimate of drug-likeness (QED) is 0.681. The summed E-state index contributed by atoms with van der Waals surface area (Å²) in [7, 11) is -2.94. The zero-order valence-electron chi connectivity index (χ0n) is 8.24. The predicted octanol–water partition coefficient (Wildman–Crippen LogP) is 2.23. The zero-order chi connectivity index (χ0) is 9.78. The minimum Gasteiger partial charge on any atom is -0.225 e. The van der Waals surface area contributed by atoms with Crippen molar-refractivity contribution in [3.8, 4) is 0 Å². The predicted molar refractivity (Wildman–Crippen MR) is 52.6 cm³/mol. The van der Waals surface area contributed by atoms with E-state index in [1.807, 2.05) is 0 Å². The Morgan fingerprint density at radius 1 is 1.33 bits per heavy atom. The molecule has 0 saturated heterocycles. The Balaban J connectivity index is 4.31. The van der Waals surface area contributed by atoms with Crippen LogP contribution in [0.4, 0.5) is 0 Å². The van der Waals surface area contributed by atoms with Gasteiger partial charge in [-0.1, -0.05) is 26.8 Å². The molecule has 0 fully saturated rings. The van der Waals surface area contributed by atoms with Gasteiger partial charge in [0, 0.05) is 11.7 Å². The highest BCUT2D eigenvalue weighted by atomic mass is 32.2. The van der Waals surface area contributed by atoms with Gasteiger partial charge in [0.05, 0.1) is 0 Å². The minimum absolute atomic E-state index is 0.375. The van der Waals surface area contributed by atoms with E-state index in [2.05, 4.69) is 20.8 Å². The fraction of sp³-hybridized carbons (Fsp3) is 0.778. The summed E-state index contributed by atoms with van der Waals surface area (Å²) in [6, 6.07) is 0. The van der Waals surface area contributed by atoms with Gasteiger partial charge in [-0.05, 0) is 18.3 Å². The lowest BCUT2D eigenvalue weighted by atomic mass is 9.94. The molecule has 0 saturated carbocycles. The summed E-state index contributed by atoms with van der Waals surface area (Å²) in [6.45, 7) is 6.26. The Kier molecular flexibility index (Phi) is 4.53. The molecule has 1 atom stereocenters. The molecule has 0 aliphatic rings. The summed E-state index contributed by atoms with van der Waals surface area (Å²) >= 11 is 0. The lowest BCUT2D eigenvalue weighted by Crippen LogP contribution is -2.04. The first-order chi connectivity index (χ1) is 5.37. The molecular formula is C9H18O2S. The highest BCUT2D eigenvalue weighted by molar-refractivity contribution is 7.93. The number of sulfone groups is 1. The summed E-state index contributed by atoms with van der Waals surface area (Å²) in [4.78, 5) is 0. The van der Waals surface area contributed by atoms with Gasteiger partial charge in [-0.2, -0.15) is 0 Å².